The zero-order chi connectivity index (χ0) is 14.4. The topological polar surface area (TPSA) is 67.4 Å². The Balaban J connectivity index is 2.37. The molecule has 6 heteroatoms. The number of piperidine rings is 1. The summed E-state index contributed by atoms with van der Waals surface area (Å²) in [6.45, 7) is 7.05. The zero-order valence-electron chi connectivity index (χ0n) is 12.4. The summed E-state index contributed by atoms with van der Waals surface area (Å²) in [5.74, 6) is 0.480. The second kappa shape index (κ2) is 7.57. The minimum absolute atomic E-state index is 0.0755. The highest BCUT2D eigenvalue weighted by Crippen LogP contribution is 2.19. The van der Waals surface area contributed by atoms with Crippen LogP contribution >= 0.6 is 0 Å². The van der Waals surface area contributed by atoms with Gasteiger partial charge in [-0.1, -0.05) is 13.8 Å². The third-order valence-electron chi connectivity index (χ3n) is 3.61. The fourth-order valence-corrected chi connectivity index (χ4v) is 3.84. The molecular weight excluding hydrogens is 264 g/mol. The Morgan fingerprint density at radius 1 is 1.42 bits per heavy atom. The van der Waals surface area contributed by atoms with Crippen molar-refractivity contribution in [3.05, 3.63) is 0 Å². The molecule has 114 valence electrons. The van der Waals surface area contributed by atoms with Crippen molar-refractivity contribution in [3.63, 3.8) is 0 Å². The van der Waals surface area contributed by atoms with E-state index >= 15 is 0 Å². The Hall–Kier alpha value is -0.170. The lowest BCUT2D eigenvalue weighted by atomic mass is 9.90. The van der Waals surface area contributed by atoms with Crippen LogP contribution in [-0.2, 0) is 14.8 Å². The monoisotopic (exact) mass is 292 g/mol. The lowest BCUT2D eigenvalue weighted by molar-refractivity contribution is 0.153. The smallest absolute Gasteiger partial charge is 0.211 e. The number of hydrogen-bond acceptors (Lipinski definition) is 4. The molecule has 2 N–H and O–H groups in total. The van der Waals surface area contributed by atoms with Crippen molar-refractivity contribution in [3.8, 4) is 0 Å². The third kappa shape index (κ3) is 7.25. The van der Waals surface area contributed by atoms with Gasteiger partial charge in [0.15, 0.2) is 0 Å². The van der Waals surface area contributed by atoms with E-state index in [0.717, 1.165) is 32.4 Å². The van der Waals surface area contributed by atoms with Gasteiger partial charge in [0.1, 0.15) is 0 Å². The second-order valence-electron chi connectivity index (χ2n) is 6.22. The molecule has 1 heterocycles. The van der Waals surface area contributed by atoms with E-state index in [2.05, 4.69) is 23.9 Å². The molecule has 1 aliphatic heterocycles. The number of nitrogens with one attached hydrogen (secondary N) is 2. The fourth-order valence-electron chi connectivity index (χ4n) is 2.21. The first-order valence-corrected chi connectivity index (χ1v) is 8.67. The third-order valence-corrected chi connectivity index (χ3v) is 5.10. The average Bonchev–Trinajstić information content (AvgIpc) is 2.35. The Morgan fingerprint density at radius 2 is 2.16 bits per heavy atom. The maximum Gasteiger partial charge on any atom is 0.211 e. The van der Waals surface area contributed by atoms with Gasteiger partial charge in [-0.3, -0.25) is 0 Å². The molecule has 0 aliphatic carbocycles. The first kappa shape index (κ1) is 16.9. The minimum Gasteiger partial charge on any atom is -0.385 e. The van der Waals surface area contributed by atoms with Crippen LogP contribution < -0.4 is 10.0 Å². The van der Waals surface area contributed by atoms with Crippen molar-refractivity contribution >= 4 is 10.0 Å². The van der Waals surface area contributed by atoms with Crippen molar-refractivity contribution in [2.45, 2.75) is 33.1 Å². The average molecular weight is 292 g/mol. The summed E-state index contributed by atoms with van der Waals surface area (Å²) in [5.41, 5.74) is -0.0755. The van der Waals surface area contributed by atoms with Gasteiger partial charge in [-0.05, 0) is 43.7 Å². The second-order valence-corrected chi connectivity index (χ2v) is 8.07. The van der Waals surface area contributed by atoms with Gasteiger partial charge in [0.05, 0.1) is 5.75 Å². The van der Waals surface area contributed by atoms with E-state index < -0.39 is 10.0 Å². The summed E-state index contributed by atoms with van der Waals surface area (Å²) in [7, 11) is -1.51. The van der Waals surface area contributed by atoms with Gasteiger partial charge >= 0.3 is 0 Å². The molecule has 5 nitrogen and oxygen atoms in total. The first-order chi connectivity index (χ1) is 8.85. The lowest BCUT2D eigenvalue weighted by Crippen LogP contribution is -2.40. The first-order valence-electron chi connectivity index (χ1n) is 7.02. The van der Waals surface area contributed by atoms with Crippen LogP contribution in [0.5, 0.6) is 0 Å². The summed E-state index contributed by atoms with van der Waals surface area (Å²) < 4.78 is 31.9. The molecule has 1 rings (SSSR count). The Kier molecular flexibility index (Phi) is 6.73. The molecule has 0 aromatic heterocycles. The van der Waals surface area contributed by atoms with Crippen LogP contribution in [0.2, 0.25) is 0 Å². The van der Waals surface area contributed by atoms with Gasteiger partial charge in [-0.15, -0.1) is 0 Å². The number of methoxy groups -OCH3 is 1. The molecule has 1 atom stereocenters. The Morgan fingerprint density at radius 3 is 2.74 bits per heavy atom. The standard InChI is InChI=1S/C13H28N2O3S/c1-13(2,6-8-18-3)11-15-19(16,17)10-12-5-4-7-14-9-12/h12,14-15H,4-11H2,1-3H3. The summed E-state index contributed by atoms with van der Waals surface area (Å²) in [6.07, 6.45) is 2.91. The summed E-state index contributed by atoms with van der Waals surface area (Å²) in [4.78, 5) is 0. The summed E-state index contributed by atoms with van der Waals surface area (Å²) in [6, 6.07) is 0. The maximum atomic E-state index is 12.0. The van der Waals surface area contributed by atoms with E-state index in [1.165, 1.54) is 0 Å². The molecule has 0 saturated carbocycles. The Bertz CT molecular complexity index is 349. The molecule has 0 bridgehead atoms. The molecule has 0 spiro atoms. The molecule has 19 heavy (non-hydrogen) atoms. The number of hydrogen-bond donors (Lipinski definition) is 2. The van der Waals surface area contributed by atoms with Crippen molar-refractivity contribution in [2.75, 3.05) is 39.1 Å². The molecule has 1 unspecified atom stereocenters. The predicted octanol–water partition coefficient (Wildman–Crippen LogP) is 0.968. The van der Waals surface area contributed by atoms with Crippen LogP contribution in [0, 0.1) is 11.3 Å². The van der Waals surface area contributed by atoms with Crippen LogP contribution in [0.4, 0.5) is 0 Å². The molecule has 0 radical (unpaired) electrons. The van der Waals surface area contributed by atoms with Gasteiger partial charge in [0.2, 0.25) is 10.0 Å². The van der Waals surface area contributed by atoms with Crippen LogP contribution in [-0.4, -0.2) is 47.5 Å². The van der Waals surface area contributed by atoms with Gasteiger partial charge < -0.3 is 10.1 Å². The van der Waals surface area contributed by atoms with Crippen LogP contribution in [0.3, 0.4) is 0 Å². The highest BCUT2D eigenvalue weighted by Gasteiger charge is 2.24. The maximum absolute atomic E-state index is 12.0. The highest BCUT2D eigenvalue weighted by atomic mass is 32.2. The Labute approximate surface area is 117 Å². The molecule has 0 amide bonds. The van der Waals surface area contributed by atoms with E-state index in [0.29, 0.717) is 13.2 Å². The van der Waals surface area contributed by atoms with Crippen LogP contribution in [0.25, 0.3) is 0 Å². The lowest BCUT2D eigenvalue weighted by Gasteiger charge is -2.26. The van der Waals surface area contributed by atoms with Crippen molar-refractivity contribution in [2.24, 2.45) is 11.3 Å². The normalized spacial score (nSPS) is 21.5. The number of sulfonamides is 1. The molecule has 1 saturated heterocycles. The van der Waals surface area contributed by atoms with E-state index in [1.807, 2.05) is 0 Å². The molecular formula is C13H28N2O3S. The quantitative estimate of drug-likeness (QED) is 0.699. The largest absolute Gasteiger partial charge is 0.385 e. The van der Waals surface area contributed by atoms with Crippen molar-refractivity contribution in [1.29, 1.82) is 0 Å². The molecule has 1 fully saturated rings. The summed E-state index contributed by atoms with van der Waals surface area (Å²) >= 11 is 0. The van der Waals surface area contributed by atoms with Gasteiger partial charge in [0, 0.05) is 20.3 Å². The number of rotatable bonds is 8. The molecule has 0 aromatic carbocycles. The minimum atomic E-state index is -3.17. The van der Waals surface area contributed by atoms with E-state index in [4.69, 9.17) is 4.74 Å². The van der Waals surface area contributed by atoms with Crippen LogP contribution in [0.1, 0.15) is 33.1 Å². The van der Waals surface area contributed by atoms with Gasteiger partial charge in [-0.2, -0.15) is 0 Å². The SMILES string of the molecule is COCCC(C)(C)CNS(=O)(=O)CC1CCCNC1. The predicted molar refractivity (Wildman–Crippen MR) is 77.7 cm³/mol. The van der Waals surface area contributed by atoms with Crippen molar-refractivity contribution < 1.29 is 13.2 Å². The van der Waals surface area contributed by atoms with Crippen LogP contribution in [0.15, 0.2) is 0 Å². The highest BCUT2D eigenvalue weighted by molar-refractivity contribution is 7.89. The van der Waals surface area contributed by atoms with Crippen molar-refractivity contribution in [1.82, 2.24) is 10.0 Å². The van der Waals surface area contributed by atoms with E-state index in [9.17, 15) is 8.42 Å². The summed E-state index contributed by atoms with van der Waals surface area (Å²) in [5, 5.41) is 3.25. The number of ether oxygens (including phenoxy) is 1. The molecule has 1 aliphatic rings. The van der Waals surface area contributed by atoms with E-state index in [1.54, 1.807) is 7.11 Å². The molecule has 0 aromatic rings. The van der Waals surface area contributed by atoms with E-state index in [-0.39, 0.29) is 17.1 Å². The van der Waals surface area contributed by atoms with Gasteiger partial charge in [0.25, 0.3) is 0 Å². The van der Waals surface area contributed by atoms with Gasteiger partial charge in [-0.25, -0.2) is 13.1 Å². The fraction of sp³-hybridized carbons (Fsp3) is 1.00. The zero-order valence-corrected chi connectivity index (χ0v) is 13.2.